The highest BCUT2D eigenvalue weighted by Crippen LogP contribution is 2.31. The molecule has 1 amide bonds. The minimum Gasteiger partial charge on any atom is -0.311 e. The van der Waals surface area contributed by atoms with Gasteiger partial charge in [-0.3, -0.25) is 4.79 Å². The van der Waals surface area contributed by atoms with Crippen LogP contribution >= 0.6 is 0 Å². The quantitative estimate of drug-likeness (QED) is 0.551. The van der Waals surface area contributed by atoms with Gasteiger partial charge in [-0.2, -0.15) is 4.31 Å². The minimum atomic E-state index is -4.00. The Balaban J connectivity index is 1.69. The first-order chi connectivity index (χ1) is 15.4. The fraction of sp³-hybridized carbons (Fsp3) is 0.240. The molecule has 0 spiro atoms. The van der Waals surface area contributed by atoms with E-state index in [9.17, 15) is 17.6 Å². The topological polar surface area (TPSA) is 57.7 Å². The Kier molecular flexibility index (Phi) is 6.39. The lowest BCUT2D eigenvalue weighted by atomic mass is 10.0. The summed E-state index contributed by atoms with van der Waals surface area (Å²) in [5.41, 5.74) is 2.61. The molecule has 0 radical (unpaired) electrons. The maximum atomic E-state index is 14.6. The standard InChI is InChI=1S/C25H25FN2O3S/c1-27(23-13-7-6-12-21(23)19-10-4-2-5-11-19)25(29)20-14-15-22(26)24(18-20)32(30,31)28-16-8-3-9-17-28/h2,4-7,10-15,18H,3,8-9,16-17H2,1H3. The summed E-state index contributed by atoms with van der Waals surface area (Å²) in [6, 6.07) is 20.7. The van der Waals surface area contributed by atoms with Gasteiger partial charge in [0.2, 0.25) is 10.0 Å². The van der Waals surface area contributed by atoms with E-state index in [0.717, 1.165) is 42.5 Å². The van der Waals surface area contributed by atoms with Crippen LogP contribution in [0, 0.1) is 5.82 Å². The van der Waals surface area contributed by atoms with Crippen molar-refractivity contribution < 1.29 is 17.6 Å². The summed E-state index contributed by atoms with van der Waals surface area (Å²) in [6.07, 6.45) is 2.45. The molecule has 166 valence electrons. The molecule has 32 heavy (non-hydrogen) atoms. The van der Waals surface area contributed by atoms with Gasteiger partial charge in [-0.1, -0.05) is 55.0 Å². The van der Waals surface area contributed by atoms with Crippen molar-refractivity contribution >= 4 is 21.6 Å². The normalized spacial score (nSPS) is 14.8. The van der Waals surface area contributed by atoms with Crippen LogP contribution in [0.5, 0.6) is 0 Å². The molecule has 3 aromatic carbocycles. The number of sulfonamides is 1. The number of benzene rings is 3. The number of nitrogens with zero attached hydrogens (tertiary/aromatic N) is 2. The van der Waals surface area contributed by atoms with Crippen molar-refractivity contribution in [1.82, 2.24) is 4.31 Å². The second kappa shape index (κ2) is 9.22. The molecular formula is C25H25FN2O3S. The lowest BCUT2D eigenvalue weighted by Gasteiger charge is -2.26. The molecule has 1 aliphatic rings. The number of anilines is 1. The lowest BCUT2D eigenvalue weighted by molar-refractivity contribution is 0.0993. The van der Waals surface area contributed by atoms with E-state index < -0.39 is 26.6 Å². The smallest absolute Gasteiger partial charge is 0.258 e. The van der Waals surface area contributed by atoms with E-state index in [1.165, 1.54) is 15.3 Å². The first kappa shape index (κ1) is 22.2. The highest BCUT2D eigenvalue weighted by molar-refractivity contribution is 7.89. The molecule has 1 fully saturated rings. The van der Waals surface area contributed by atoms with E-state index >= 15 is 0 Å². The highest BCUT2D eigenvalue weighted by Gasteiger charge is 2.30. The number of carbonyl (C=O) groups excluding carboxylic acids is 1. The number of rotatable bonds is 5. The third-order valence-electron chi connectivity index (χ3n) is 5.77. The second-order valence-electron chi connectivity index (χ2n) is 7.86. The number of halogens is 1. The molecule has 0 atom stereocenters. The van der Waals surface area contributed by atoms with Gasteiger partial charge < -0.3 is 4.90 Å². The van der Waals surface area contributed by atoms with E-state index in [1.807, 2.05) is 54.6 Å². The summed E-state index contributed by atoms with van der Waals surface area (Å²) in [5.74, 6) is -1.26. The van der Waals surface area contributed by atoms with E-state index in [4.69, 9.17) is 0 Å². The van der Waals surface area contributed by atoms with Gasteiger partial charge in [-0.05, 0) is 42.7 Å². The first-order valence-electron chi connectivity index (χ1n) is 10.6. The summed E-state index contributed by atoms with van der Waals surface area (Å²) in [6.45, 7) is 0.731. The molecule has 3 aromatic rings. The Bertz CT molecular complexity index is 1220. The van der Waals surface area contributed by atoms with Gasteiger partial charge in [-0.15, -0.1) is 0 Å². The van der Waals surface area contributed by atoms with Crippen molar-refractivity contribution in [3.8, 4) is 11.1 Å². The van der Waals surface area contributed by atoms with Crippen molar-refractivity contribution in [3.63, 3.8) is 0 Å². The Morgan fingerprint density at radius 2 is 1.56 bits per heavy atom. The molecular weight excluding hydrogens is 427 g/mol. The van der Waals surface area contributed by atoms with Crippen LogP contribution in [0.1, 0.15) is 29.6 Å². The molecule has 0 unspecified atom stereocenters. The minimum absolute atomic E-state index is 0.118. The van der Waals surface area contributed by atoms with Crippen molar-refractivity contribution in [2.75, 3.05) is 25.0 Å². The van der Waals surface area contributed by atoms with E-state index in [2.05, 4.69) is 0 Å². The number of hydrogen-bond acceptors (Lipinski definition) is 3. The molecule has 0 bridgehead atoms. The van der Waals surface area contributed by atoms with Crippen molar-refractivity contribution in [3.05, 3.63) is 84.2 Å². The molecule has 0 aromatic heterocycles. The Morgan fingerprint density at radius 1 is 0.906 bits per heavy atom. The molecule has 0 saturated carbocycles. The summed E-state index contributed by atoms with van der Waals surface area (Å²) < 4.78 is 41.9. The Hall–Kier alpha value is -3.03. The lowest BCUT2D eigenvalue weighted by Crippen LogP contribution is -2.36. The summed E-state index contributed by atoms with van der Waals surface area (Å²) in [5, 5.41) is 0. The van der Waals surface area contributed by atoms with E-state index in [1.54, 1.807) is 7.05 Å². The Morgan fingerprint density at radius 3 is 2.28 bits per heavy atom. The van der Waals surface area contributed by atoms with Crippen molar-refractivity contribution in [1.29, 1.82) is 0 Å². The summed E-state index contributed by atoms with van der Waals surface area (Å²) >= 11 is 0. The van der Waals surface area contributed by atoms with E-state index in [-0.39, 0.29) is 5.56 Å². The third kappa shape index (κ3) is 4.31. The average molecular weight is 453 g/mol. The molecule has 1 aliphatic heterocycles. The van der Waals surface area contributed by atoms with Crippen LogP contribution in [0.2, 0.25) is 0 Å². The summed E-state index contributed by atoms with van der Waals surface area (Å²) in [7, 11) is -2.37. The average Bonchev–Trinajstić information content (AvgIpc) is 2.84. The SMILES string of the molecule is CN(C(=O)c1ccc(F)c(S(=O)(=O)N2CCCCC2)c1)c1ccccc1-c1ccccc1. The van der Waals surface area contributed by atoms with Crippen LogP contribution in [0.4, 0.5) is 10.1 Å². The van der Waals surface area contributed by atoms with Gasteiger partial charge in [0.25, 0.3) is 5.91 Å². The van der Waals surface area contributed by atoms with Crippen LogP contribution in [-0.4, -0.2) is 38.8 Å². The van der Waals surface area contributed by atoms with Gasteiger partial charge in [0.15, 0.2) is 0 Å². The molecule has 0 N–H and O–H groups in total. The zero-order valence-corrected chi connectivity index (χ0v) is 18.7. The number of hydrogen-bond donors (Lipinski definition) is 0. The molecule has 4 rings (SSSR count). The third-order valence-corrected chi connectivity index (χ3v) is 7.68. The number of piperidine rings is 1. The highest BCUT2D eigenvalue weighted by atomic mass is 32.2. The first-order valence-corrected chi connectivity index (χ1v) is 12.1. The number of para-hydroxylation sites is 1. The zero-order chi connectivity index (χ0) is 22.7. The number of amides is 1. The fourth-order valence-electron chi connectivity index (χ4n) is 4.01. The molecule has 7 heteroatoms. The zero-order valence-electron chi connectivity index (χ0n) is 17.9. The van der Waals surface area contributed by atoms with Gasteiger partial charge in [0.1, 0.15) is 10.7 Å². The summed E-state index contributed by atoms with van der Waals surface area (Å²) in [4.78, 5) is 14.3. The molecule has 0 aliphatic carbocycles. The maximum absolute atomic E-state index is 14.6. The van der Waals surface area contributed by atoms with Gasteiger partial charge in [-0.25, -0.2) is 12.8 Å². The van der Waals surface area contributed by atoms with Gasteiger partial charge >= 0.3 is 0 Å². The molecule has 1 heterocycles. The van der Waals surface area contributed by atoms with Gasteiger partial charge in [0.05, 0.1) is 5.69 Å². The molecule has 1 saturated heterocycles. The van der Waals surface area contributed by atoms with Crippen LogP contribution in [0.15, 0.2) is 77.7 Å². The second-order valence-corrected chi connectivity index (χ2v) is 9.76. The van der Waals surface area contributed by atoms with Crippen LogP contribution < -0.4 is 4.90 Å². The van der Waals surface area contributed by atoms with Crippen LogP contribution in [-0.2, 0) is 10.0 Å². The van der Waals surface area contributed by atoms with Crippen molar-refractivity contribution in [2.24, 2.45) is 0 Å². The predicted octanol–water partition coefficient (Wildman–Crippen LogP) is 4.94. The monoisotopic (exact) mass is 452 g/mol. The van der Waals surface area contributed by atoms with E-state index in [0.29, 0.717) is 18.8 Å². The van der Waals surface area contributed by atoms with Crippen LogP contribution in [0.25, 0.3) is 11.1 Å². The number of carbonyl (C=O) groups is 1. The fourth-order valence-corrected chi connectivity index (χ4v) is 5.62. The van der Waals surface area contributed by atoms with Crippen LogP contribution in [0.3, 0.4) is 0 Å². The molecule has 5 nitrogen and oxygen atoms in total. The van der Waals surface area contributed by atoms with Crippen molar-refractivity contribution in [2.45, 2.75) is 24.2 Å². The maximum Gasteiger partial charge on any atom is 0.258 e. The van der Waals surface area contributed by atoms with Gasteiger partial charge in [0, 0.05) is 31.3 Å². The largest absolute Gasteiger partial charge is 0.311 e. The Labute approximate surface area is 188 Å². The predicted molar refractivity (Wildman–Crippen MR) is 124 cm³/mol.